The van der Waals surface area contributed by atoms with Crippen LogP contribution in [0.15, 0.2) is 35.5 Å². The van der Waals surface area contributed by atoms with Crippen molar-refractivity contribution in [1.29, 1.82) is 0 Å². The molecule has 1 aromatic rings. The minimum Gasteiger partial charge on any atom is -0.508 e. The number of amides is 6. The maximum Gasteiger partial charge on any atom is 0.355 e. The number of rotatable bonds is 9. The number of hydrogen-bond acceptors (Lipinski definition) is 12. The second-order valence-corrected chi connectivity index (χ2v) is 13.0. The summed E-state index contributed by atoms with van der Waals surface area (Å²) in [5.74, 6) is -6.21. The molecule has 4 atom stereocenters. The number of aliphatic hydroxyl groups excluding tert-OH is 1. The first-order valence-corrected chi connectivity index (χ1v) is 15.8. The number of aliphatic hydroxyl groups is 1. The van der Waals surface area contributed by atoms with Gasteiger partial charge in [-0.3, -0.25) is 33.8 Å². The summed E-state index contributed by atoms with van der Waals surface area (Å²) in [6.07, 6.45) is -1.63. The SMILES string of the molecule is CCN1CCN(C(=O)NC(C(=O)NC(OC(C)=O)C2=C(C(=O)OC(C)(C)C)N3C(=O)[C@@H](CO)[C@H]3SC2)c2ccc(O)cc2)C(=O)C1=O. The van der Waals surface area contributed by atoms with E-state index in [0.717, 1.165) is 11.8 Å². The number of likely N-dealkylation sites (N-methyl/N-ethyl adjacent to an activating group) is 1. The summed E-state index contributed by atoms with van der Waals surface area (Å²) >= 11 is 1.18. The highest BCUT2D eigenvalue weighted by molar-refractivity contribution is 8.00. The van der Waals surface area contributed by atoms with E-state index in [1.165, 1.54) is 40.9 Å². The third-order valence-corrected chi connectivity index (χ3v) is 8.82. The zero-order chi connectivity index (χ0) is 34.8. The van der Waals surface area contributed by atoms with E-state index in [1.54, 1.807) is 27.7 Å². The normalized spacial score (nSPS) is 21.0. The van der Waals surface area contributed by atoms with Crippen molar-refractivity contribution in [3.05, 3.63) is 41.1 Å². The average Bonchev–Trinajstić information content (AvgIpc) is 2.99. The molecule has 3 heterocycles. The Hall–Kier alpha value is -4.64. The van der Waals surface area contributed by atoms with Crippen molar-refractivity contribution in [3.63, 3.8) is 0 Å². The van der Waals surface area contributed by atoms with Gasteiger partial charge in [-0.1, -0.05) is 12.1 Å². The van der Waals surface area contributed by atoms with E-state index in [-0.39, 0.29) is 48.0 Å². The van der Waals surface area contributed by atoms with Gasteiger partial charge in [0.25, 0.3) is 0 Å². The van der Waals surface area contributed by atoms with Crippen LogP contribution in [0.3, 0.4) is 0 Å². The molecule has 254 valence electrons. The number of fused-ring (bicyclic) bond motifs is 1. The van der Waals surface area contributed by atoms with Crippen molar-refractivity contribution in [2.75, 3.05) is 32.0 Å². The van der Waals surface area contributed by atoms with Crippen molar-refractivity contribution >= 4 is 53.4 Å². The van der Waals surface area contributed by atoms with Gasteiger partial charge in [-0.2, -0.15) is 0 Å². The first-order valence-electron chi connectivity index (χ1n) is 14.8. The number of β-lactam (4-membered cyclic amide) rings is 1. The van der Waals surface area contributed by atoms with Crippen LogP contribution in [0.5, 0.6) is 5.75 Å². The molecule has 6 amide bonds. The van der Waals surface area contributed by atoms with Gasteiger partial charge < -0.3 is 35.2 Å². The molecule has 4 N–H and O–H groups in total. The van der Waals surface area contributed by atoms with Crippen LogP contribution < -0.4 is 10.6 Å². The largest absolute Gasteiger partial charge is 0.508 e. The zero-order valence-corrected chi connectivity index (χ0v) is 27.3. The number of urea groups is 1. The Labute approximate surface area is 274 Å². The number of phenols is 1. The van der Waals surface area contributed by atoms with Crippen LogP contribution in [0.4, 0.5) is 4.79 Å². The Balaban J connectivity index is 1.70. The van der Waals surface area contributed by atoms with Crippen molar-refractivity contribution < 1.29 is 53.2 Å². The first-order chi connectivity index (χ1) is 22.1. The Bertz CT molecular complexity index is 1510. The van der Waals surface area contributed by atoms with Gasteiger partial charge in [0.15, 0.2) is 0 Å². The molecule has 0 radical (unpaired) electrons. The summed E-state index contributed by atoms with van der Waals surface area (Å²) in [5.41, 5.74) is -1.09. The van der Waals surface area contributed by atoms with E-state index in [4.69, 9.17) is 9.47 Å². The summed E-state index contributed by atoms with van der Waals surface area (Å²) in [4.78, 5) is 94.2. The van der Waals surface area contributed by atoms with Gasteiger partial charge in [-0.05, 0) is 45.4 Å². The number of carbonyl (C=O) groups excluding carboxylic acids is 7. The maximum absolute atomic E-state index is 13.9. The molecule has 2 saturated heterocycles. The van der Waals surface area contributed by atoms with Crippen molar-refractivity contribution in [3.8, 4) is 5.75 Å². The molecule has 0 aromatic heterocycles. The van der Waals surface area contributed by atoms with Gasteiger partial charge in [0, 0.05) is 37.9 Å². The molecular formula is C30H37N5O11S. The lowest BCUT2D eigenvalue weighted by Crippen LogP contribution is -2.64. The van der Waals surface area contributed by atoms with Crippen molar-refractivity contribution in [1.82, 2.24) is 25.3 Å². The number of benzene rings is 1. The number of imide groups is 1. The van der Waals surface area contributed by atoms with Gasteiger partial charge in [0.05, 0.1) is 17.9 Å². The van der Waals surface area contributed by atoms with Gasteiger partial charge >= 0.3 is 29.8 Å². The van der Waals surface area contributed by atoms with E-state index >= 15 is 0 Å². The molecule has 3 aliphatic rings. The van der Waals surface area contributed by atoms with E-state index in [1.807, 2.05) is 0 Å². The van der Waals surface area contributed by atoms with Gasteiger partial charge in [-0.15, -0.1) is 11.8 Å². The predicted octanol–water partition coefficient (Wildman–Crippen LogP) is -0.0416. The Morgan fingerprint density at radius 1 is 1.04 bits per heavy atom. The van der Waals surface area contributed by atoms with Crippen LogP contribution in [0.25, 0.3) is 0 Å². The Kier molecular flexibility index (Phi) is 10.5. The summed E-state index contributed by atoms with van der Waals surface area (Å²) in [6.45, 7) is 7.37. The summed E-state index contributed by atoms with van der Waals surface area (Å²) in [5, 5.41) is 23.9. The fourth-order valence-electron chi connectivity index (χ4n) is 5.18. The quantitative estimate of drug-likeness (QED) is 0.118. The van der Waals surface area contributed by atoms with E-state index < -0.39 is 77.4 Å². The topological polar surface area (TPSA) is 212 Å². The molecular weight excluding hydrogens is 638 g/mol. The van der Waals surface area contributed by atoms with Crippen LogP contribution in [-0.2, 0) is 38.2 Å². The summed E-state index contributed by atoms with van der Waals surface area (Å²) in [7, 11) is 0. The smallest absolute Gasteiger partial charge is 0.355 e. The molecule has 2 fully saturated rings. The third-order valence-electron chi connectivity index (χ3n) is 7.46. The number of esters is 2. The number of nitrogens with zero attached hydrogens (tertiary/aromatic N) is 3. The fourth-order valence-corrected chi connectivity index (χ4v) is 6.61. The number of aromatic hydroxyl groups is 1. The lowest BCUT2D eigenvalue weighted by Gasteiger charge is -2.50. The summed E-state index contributed by atoms with van der Waals surface area (Å²) in [6, 6.07) is 2.57. The number of hydrogen-bond donors (Lipinski definition) is 4. The zero-order valence-electron chi connectivity index (χ0n) is 26.5. The highest BCUT2D eigenvalue weighted by atomic mass is 32.2. The molecule has 0 saturated carbocycles. The lowest BCUT2D eigenvalue weighted by molar-refractivity contribution is -0.162. The second kappa shape index (κ2) is 14.0. The van der Waals surface area contributed by atoms with E-state index in [0.29, 0.717) is 4.90 Å². The standard InChI is InChI=1S/C30H37N5O11S/c1-6-33-11-12-34(26(42)25(33)41)29(44)31-20(16-7-9-17(38)10-8-16)22(39)32-23(45-15(2)37)19-14-47-27-18(13-36)24(40)35(27)21(19)28(43)46-30(3,4)5/h7-10,18,20,23,27,36,38H,6,11-14H2,1-5H3,(H,31,44)(H,32,39)/t18-,20?,23?,27-/m1/s1. The van der Waals surface area contributed by atoms with Crippen LogP contribution in [0.1, 0.15) is 46.2 Å². The molecule has 0 bridgehead atoms. The summed E-state index contributed by atoms with van der Waals surface area (Å²) < 4.78 is 11.0. The Morgan fingerprint density at radius 3 is 2.28 bits per heavy atom. The van der Waals surface area contributed by atoms with Crippen LogP contribution in [0.2, 0.25) is 0 Å². The highest BCUT2D eigenvalue weighted by Crippen LogP contribution is 2.45. The minimum atomic E-state index is -1.63. The predicted molar refractivity (Wildman–Crippen MR) is 164 cm³/mol. The molecule has 17 heteroatoms. The average molecular weight is 676 g/mol. The number of thioether (sulfide) groups is 1. The first kappa shape index (κ1) is 35.2. The van der Waals surface area contributed by atoms with Crippen LogP contribution >= 0.6 is 11.8 Å². The van der Waals surface area contributed by atoms with Crippen molar-refractivity contribution in [2.24, 2.45) is 5.92 Å². The molecule has 4 rings (SSSR count). The molecule has 0 aliphatic carbocycles. The number of nitrogens with one attached hydrogen (secondary N) is 2. The van der Waals surface area contributed by atoms with Gasteiger partial charge in [-0.25, -0.2) is 9.59 Å². The molecule has 1 aromatic carbocycles. The minimum absolute atomic E-state index is 0.0148. The number of ether oxygens (including phenoxy) is 2. The maximum atomic E-state index is 13.9. The fraction of sp³-hybridized carbons (Fsp3) is 0.500. The van der Waals surface area contributed by atoms with Crippen LogP contribution in [-0.4, -0.2) is 116 Å². The number of carbonyl (C=O) groups is 7. The molecule has 2 unspecified atom stereocenters. The molecule has 3 aliphatic heterocycles. The molecule has 16 nitrogen and oxygen atoms in total. The van der Waals surface area contributed by atoms with Gasteiger partial charge in [0.2, 0.25) is 18.0 Å². The van der Waals surface area contributed by atoms with Crippen molar-refractivity contribution in [2.45, 2.75) is 57.9 Å². The molecule has 47 heavy (non-hydrogen) atoms. The number of piperazine rings is 1. The molecule has 0 spiro atoms. The van der Waals surface area contributed by atoms with Crippen LogP contribution in [0, 0.1) is 5.92 Å². The van der Waals surface area contributed by atoms with E-state index in [2.05, 4.69) is 10.6 Å². The lowest BCUT2D eigenvalue weighted by atomic mass is 9.96. The number of phenolic OH excluding ortho intramolecular Hbond substituents is 1. The van der Waals surface area contributed by atoms with Gasteiger partial charge in [0.1, 0.15) is 23.1 Å². The third kappa shape index (κ3) is 7.51. The monoisotopic (exact) mass is 675 g/mol. The van der Waals surface area contributed by atoms with E-state index in [9.17, 15) is 43.8 Å². The highest BCUT2D eigenvalue weighted by Gasteiger charge is 2.55. The Morgan fingerprint density at radius 2 is 1.70 bits per heavy atom. The second-order valence-electron chi connectivity index (χ2n) is 11.9.